The third kappa shape index (κ3) is 6.36. The van der Waals surface area contributed by atoms with Gasteiger partial charge in [0.1, 0.15) is 35.4 Å². The number of nitrogens with one attached hydrogen (secondary N) is 1. The molecule has 0 atom stereocenters. The van der Waals surface area contributed by atoms with Crippen molar-refractivity contribution in [2.75, 3.05) is 11.9 Å². The Morgan fingerprint density at radius 2 is 1.42 bits per heavy atom. The van der Waals surface area contributed by atoms with Gasteiger partial charge in [-0.25, -0.2) is 4.98 Å². The second-order valence-electron chi connectivity index (χ2n) is 7.49. The summed E-state index contributed by atoms with van der Waals surface area (Å²) in [6.07, 6.45) is 3.60. The summed E-state index contributed by atoms with van der Waals surface area (Å²) in [5, 5.41) is 2.81. The van der Waals surface area contributed by atoms with Gasteiger partial charge in [0.25, 0.3) is 5.91 Å². The highest BCUT2D eigenvalue weighted by atomic mass is 16.5. The van der Waals surface area contributed by atoms with Crippen molar-refractivity contribution in [3.8, 4) is 23.0 Å². The van der Waals surface area contributed by atoms with Crippen molar-refractivity contribution in [2.45, 2.75) is 13.5 Å². The average molecular weight is 444 g/mol. The zero-order chi connectivity index (χ0) is 23.0. The number of hydrogen-bond donors (Lipinski definition) is 1. The normalized spacial score (nSPS) is 10.5. The Balaban J connectivity index is 1.21. The quantitative estimate of drug-likeness (QED) is 0.389. The van der Waals surface area contributed by atoms with E-state index in [0.717, 1.165) is 11.6 Å². The summed E-state index contributed by atoms with van der Waals surface area (Å²) in [5.74, 6) is 3.32. The number of anilines is 1. The molecule has 1 N–H and O–H groups in total. The van der Waals surface area contributed by atoms with E-state index in [1.807, 2.05) is 49.0 Å². The molecule has 3 aromatic carbocycles. The molecule has 0 aliphatic carbocycles. The van der Waals surface area contributed by atoms with Gasteiger partial charge in [0.2, 0.25) is 0 Å². The molecule has 33 heavy (non-hydrogen) atoms. The van der Waals surface area contributed by atoms with Gasteiger partial charge in [-0.15, -0.1) is 0 Å². The van der Waals surface area contributed by atoms with E-state index < -0.39 is 0 Å². The van der Waals surface area contributed by atoms with Crippen molar-refractivity contribution in [2.24, 2.45) is 7.05 Å². The van der Waals surface area contributed by atoms with Crippen molar-refractivity contribution in [1.82, 2.24) is 9.55 Å². The Morgan fingerprint density at radius 1 is 0.848 bits per heavy atom. The van der Waals surface area contributed by atoms with E-state index in [2.05, 4.69) is 10.3 Å². The van der Waals surface area contributed by atoms with Crippen molar-refractivity contribution < 1.29 is 19.0 Å². The van der Waals surface area contributed by atoms with Gasteiger partial charge in [0.15, 0.2) is 6.61 Å². The maximum absolute atomic E-state index is 12.2. The Morgan fingerprint density at radius 3 is 2.06 bits per heavy atom. The lowest BCUT2D eigenvalue weighted by atomic mass is 10.2. The van der Waals surface area contributed by atoms with Crippen LogP contribution in [-0.2, 0) is 18.4 Å². The van der Waals surface area contributed by atoms with Gasteiger partial charge in [0.05, 0.1) is 0 Å². The van der Waals surface area contributed by atoms with Crippen LogP contribution in [-0.4, -0.2) is 22.1 Å². The molecule has 0 saturated carbocycles. The molecule has 4 aromatic rings. The Hall–Kier alpha value is -4.26. The second-order valence-corrected chi connectivity index (χ2v) is 7.49. The van der Waals surface area contributed by atoms with Gasteiger partial charge >= 0.3 is 0 Å². The number of nitrogens with zero attached hydrogens (tertiary/aromatic N) is 2. The molecule has 0 unspecified atom stereocenters. The third-order valence-corrected chi connectivity index (χ3v) is 4.88. The first-order valence-electron chi connectivity index (χ1n) is 10.5. The molecule has 7 heteroatoms. The first-order chi connectivity index (χ1) is 16.0. The Kier molecular flexibility index (Phi) is 6.90. The fraction of sp³-hybridized carbons (Fsp3) is 0.154. The van der Waals surface area contributed by atoms with E-state index >= 15 is 0 Å². The number of benzene rings is 3. The van der Waals surface area contributed by atoms with Crippen LogP contribution >= 0.6 is 0 Å². The molecule has 4 rings (SSSR count). The predicted octanol–water partition coefficient (Wildman–Crippen LogP) is 5.12. The predicted molar refractivity (Wildman–Crippen MR) is 126 cm³/mol. The summed E-state index contributed by atoms with van der Waals surface area (Å²) in [6, 6.07) is 22.1. The van der Waals surface area contributed by atoms with Crippen molar-refractivity contribution in [3.05, 3.63) is 96.6 Å². The van der Waals surface area contributed by atoms with Crippen molar-refractivity contribution in [3.63, 3.8) is 0 Å². The highest BCUT2D eigenvalue weighted by Gasteiger charge is 2.06. The van der Waals surface area contributed by atoms with Crippen LogP contribution < -0.4 is 19.5 Å². The fourth-order valence-corrected chi connectivity index (χ4v) is 3.01. The molecule has 0 bridgehead atoms. The molecule has 0 radical (unpaired) electrons. The smallest absolute Gasteiger partial charge is 0.262 e. The number of hydrogen-bond acceptors (Lipinski definition) is 5. The second kappa shape index (κ2) is 10.4. The number of amides is 1. The number of imidazole rings is 1. The summed E-state index contributed by atoms with van der Waals surface area (Å²) in [4.78, 5) is 16.4. The number of ether oxygens (including phenoxy) is 3. The average Bonchev–Trinajstić information content (AvgIpc) is 3.24. The van der Waals surface area contributed by atoms with Crippen LogP contribution in [0.5, 0.6) is 23.0 Å². The minimum absolute atomic E-state index is 0.102. The molecular formula is C26H25N3O4. The van der Waals surface area contributed by atoms with Crippen molar-refractivity contribution >= 4 is 11.6 Å². The molecule has 0 aliphatic heterocycles. The monoisotopic (exact) mass is 443 g/mol. The van der Waals surface area contributed by atoms with Crippen molar-refractivity contribution in [1.29, 1.82) is 0 Å². The number of aryl methyl sites for hydroxylation is 2. The summed E-state index contributed by atoms with van der Waals surface area (Å²) in [7, 11) is 1.92. The van der Waals surface area contributed by atoms with Crippen LogP contribution in [0.15, 0.2) is 85.2 Å². The number of rotatable bonds is 9. The first-order valence-corrected chi connectivity index (χ1v) is 10.5. The maximum atomic E-state index is 12.2. The van der Waals surface area contributed by atoms with E-state index in [9.17, 15) is 4.79 Å². The zero-order valence-electron chi connectivity index (χ0n) is 18.5. The minimum atomic E-state index is -0.253. The molecule has 0 saturated heterocycles. The largest absolute Gasteiger partial charge is 0.486 e. The number of carbonyl (C=O) groups excluding carboxylic acids is 1. The van der Waals surface area contributed by atoms with Gasteiger partial charge in [-0.1, -0.05) is 17.7 Å². The van der Waals surface area contributed by atoms with Crippen LogP contribution in [0.2, 0.25) is 0 Å². The van der Waals surface area contributed by atoms with Crippen LogP contribution in [0.4, 0.5) is 5.69 Å². The summed E-state index contributed by atoms with van der Waals surface area (Å²) in [6.45, 7) is 2.30. The summed E-state index contributed by atoms with van der Waals surface area (Å²) in [5.41, 5.74) is 1.84. The summed E-state index contributed by atoms with van der Waals surface area (Å²) >= 11 is 0. The highest BCUT2D eigenvalue weighted by molar-refractivity contribution is 5.91. The summed E-state index contributed by atoms with van der Waals surface area (Å²) < 4.78 is 19.0. The molecular weight excluding hydrogens is 418 g/mol. The number of aromatic nitrogens is 2. The molecule has 168 valence electrons. The maximum Gasteiger partial charge on any atom is 0.262 e. The van der Waals surface area contributed by atoms with E-state index in [4.69, 9.17) is 14.2 Å². The molecule has 0 spiro atoms. The molecule has 7 nitrogen and oxygen atoms in total. The lowest BCUT2D eigenvalue weighted by Gasteiger charge is -2.10. The van der Waals surface area contributed by atoms with Crippen LogP contribution in [0.25, 0.3) is 0 Å². The van der Waals surface area contributed by atoms with Gasteiger partial charge in [-0.05, 0) is 67.6 Å². The van der Waals surface area contributed by atoms with E-state index in [0.29, 0.717) is 29.5 Å². The molecule has 1 heterocycles. The van der Waals surface area contributed by atoms with Gasteiger partial charge in [-0.2, -0.15) is 0 Å². The minimum Gasteiger partial charge on any atom is -0.486 e. The zero-order valence-corrected chi connectivity index (χ0v) is 18.5. The van der Waals surface area contributed by atoms with Crippen LogP contribution in [0.3, 0.4) is 0 Å². The lowest BCUT2D eigenvalue weighted by Crippen LogP contribution is -2.20. The fourth-order valence-electron chi connectivity index (χ4n) is 3.01. The van der Waals surface area contributed by atoms with Gasteiger partial charge in [-0.3, -0.25) is 4.79 Å². The number of carbonyl (C=O) groups is 1. The molecule has 0 fully saturated rings. The topological polar surface area (TPSA) is 74.6 Å². The van der Waals surface area contributed by atoms with E-state index in [-0.39, 0.29) is 12.5 Å². The SMILES string of the molecule is Cc1ccc(Oc2ccc(OCC(=O)Nc3ccc(OCc4nccn4C)cc3)cc2)cc1. The van der Waals surface area contributed by atoms with E-state index in [1.54, 1.807) is 54.7 Å². The molecule has 1 amide bonds. The van der Waals surface area contributed by atoms with Gasteiger partial charge < -0.3 is 24.1 Å². The highest BCUT2D eigenvalue weighted by Crippen LogP contribution is 2.24. The lowest BCUT2D eigenvalue weighted by molar-refractivity contribution is -0.118. The third-order valence-electron chi connectivity index (χ3n) is 4.88. The Labute approximate surface area is 192 Å². The molecule has 1 aromatic heterocycles. The van der Waals surface area contributed by atoms with Crippen LogP contribution in [0, 0.1) is 6.92 Å². The Bertz CT molecular complexity index is 1180. The van der Waals surface area contributed by atoms with Crippen LogP contribution in [0.1, 0.15) is 11.4 Å². The van der Waals surface area contributed by atoms with Gasteiger partial charge in [0, 0.05) is 25.1 Å². The molecule has 0 aliphatic rings. The van der Waals surface area contributed by atoms with E-state index in [1.165, 1.54) is 5.56 Å². The standard InChI is InChI=1S/C26H25N3O4/c1-19-3-7-23(8-4-19)33-24-13-11-22(12-14-24)32-18-26(30)28-20-5-9-21(10-6-20)31-17-25-27-15-16-29(25)2/h3-16H,17-18H2,1-2H3,(H,28,30). The first kappa shape index (κ1) is 22.0.